The molecule has 0 aliphatic rings. The first kappa shape index (κ1) is 16.7. The molecule has 2 aromatic carbocycles. The van der Waals surface area contributed by atoms with Gasteiger partial charge in [-0.15, -0.1) is 0 Å². The summed E-state index contributed by atoms with van der Waals surface area (Å²) in [5.41, 5.74) is 4.96. The average Bonchev–Trinajstić information content (AvgIpc) is 2.52. The molecule has 118 valence electrons. The van der Waals surface area contributed by atoms with Crippen molar-refractivity contribution >= 4 is 0 Å². The highest BCUT2D eigenvalue weighted by Crippen LogP contribution is 2.18. The zero-order chi connectivity index (χ0) is 15.9. The molecule has 0 saturated heterocycles. The molecule has 2 rings (SSSR count). The van der Waals surface area contributed by atoms with Crippen LogP contribution in [0.15, 0.2) is 48.5 Å². The molecule has 0 spiro atoms. The Labute approximate surface area is 134 Å². The summed E-state index contributed by atoms with van der Waals surface area (Å²) >= 11 is 0. The lowest BCUT2D eigenvalue weighted by molar-refractivity contribution is 0.109. The molecule has 0 unspecified atom stereocenters. The van der Waals surface area contributed by atoms with Gasteiger partial charge < -0.3 is 5.11 Å². The molecule has 0 aliphatic carbocycles. The van der Waals surface area contributed by atoms with Gasteiger partial charge in [0.05, 0.1) is 6.10 Å². The Morgan fingerprint density at radius 1 is 1.05 bits per heavy atom. The maximum Gasteiger partial charge on any atom is 0.0917 e. The monoisotopic (exact) mass is 297 g/mol. The van der Waals surface area contributed by atoms with Gasteiger partial charge in [-0.05, 0) is 43.5 Å². The second kappa shape index (κ2) is 8.11. The van der Waals surface area contributed by atoms with Crippen molar-refractivity contribution in [2.45, 2.75) is 39.8 Å². The number of hydrogen-bond donors (Lipinski definition) is 1. The summed E-state index contributed by atoms with van der Waals surface area (Å²) in [4.78, 5) is 2.35. The summed E-state index contributed by atoms with van der Waals surface area (Å²) in [6, 6.07) is 16.5. The van der Waals surface area contributed by atoms with E-state index in [0.29, 0.717) is 6.54 Å². The number of aliphatic hydroxyl groups excluding tert-OH is 1. The Hall–Kier alpha value is -1.64. The minimum Gasteiger partial charge on any atom is -0.387 e. The van der Waals surface area contributed by atoms with Gasteiger partial charge in [-0.3, -0.25) is 4.90 Å². The van der Waals surface area contributed by atoms with E-state index < -0.39 is 6.10 Å². The van der Waals surface area contributed by atoms with Crippen molar-refractivity contribution in [3.63, 3.8) is 0 Å². The average molecular weight is 297 g/mol. The van der Waals surface area contributed by atoms with Crippen molar-refractivity contribution < 1.29 is 5.11 Å². The van der Waals surface area contributed by atoms with Crippen LogP contribution in [0.25, 0.3) is 0 Å². The minimum atomic E-state index is -0.433. The summed E-state index contributed by atoms with van der Waals surface area (Å²) in [5, 5.41) is 10.5. The predicted molar refractivity (Wildman–Crippen MR) is 92.9 cm³/mol. The second-order valence-electron chi connectivity index (χ2n) is 6.09. The molecule has 0 fully saturated rings. The van der Waals surface area contributed by atoms with E-state index in [1.807, 2.05) is 30.3 Å². The van der Waals surface area contributed by atoms with Crippen LogP contribution in [0.4, 0.5) is 0 Å². The molecule has 0 amide bonds. The van der Waals surface area contributed by atoms with E-state index in [2.05, 4.69) is 43.9 Å². The van der Waals surface area contributed by atoms with Crippen molar-refractivity contribution in [2.24, 2.45) is 0 Å². The van der Waals surface area contributed by atoms with Crippen LogP contribution in [0.1, 0.15) is 41.7 Å². The Balaban J connectivity index is 2.08. The van der Waals surface area contributed by atoms with Crippen molar-refractivity contribution in [1.82, 2.24) is 4.90 Å². The van der Waals surface area contributed by atoms with E-state index in [1.54, 1.807) is 0 Å². The first-order valence-electron chi connectivity index (χ1n) is 8.11. The van der Waals surface area contributed by atoms with Crippen molar-refractivity contribution in [1.29, 1.82) is 0 Å². The quantitative estimate of drug-likeness (QED) is 0.826. The lowest BCUT2D eigenvalue weighted by Gasteiger charge is -2.26. The van der Waals surface area contributed by atoms with Crippen molar-refractivity contribution in [2.75, 3.05) is 13.1 Å². The number of benzene rings is 2. The van der Waals surface area contributed by atoms with E-state index in [-0.39, 0.29) is 0 Å². The minimum absolute atomic E-state index is 0.433. The van der Waals surface area contributed by atoms with Gasteiger partial charge in [-0.25, -0.2) is 0 Å². The summed E-state index contributed by atoms with van der Waals surface area (Å²) in [5.74, 6) is 0. The molecule has 2 nitrogen and oxygen atoms in total. The Bertz CT molecular complexity index is 580. The summed E-state index contributed by atoms with van der Waals surface area (Å²) < 4.78 is 0. The molecule has 1 atom stereocenters. The van der Waals surface area contributed by atoms with Gasteiger partial charge in [-0.1, -0.05) is 61.0 Å². The van der Waals surface area contributed by atoms with E-state index in [9.17, 15) is 5.11 Å². The third-order valence-electron chi connectivity index (χ3n) is 4.05. The van der Waals surface area contributed by atoms with Gasteiger partial charge in [-0.2, -0.15) is 0 Å². The molecule has 0 bridgehead atoms. The highest BCUT2D eigenvalue weighted by Gasteiger charge is 2.14. The van der Waals surface area contributed by atoms with Crippen LogP contribution in [0.5, 0.6) is 0 Å². The molecule has 0 radical (unpaired) electrons. The topological polar surface area (TPSA) is 23.5 Å². The third-order valence-corrected chi connectivity index (χ3v) is 4.05. The maximum atomic E-state index is 10.5. The first-order chi connectivity index (χ1) is 10.6. The number of hydrogen-bond acceptors (Lipinski definition) is 2. The van der Waals surface area contributed by atoms with Crippen LogP contribution >= 0.6 is 0 Å². The smallest absolute Gasteiger partial charge is 0.0917 e. The lowest BCUT2D eigenvalue weighted by atomic mass is 10.0. The zero-order valence-corrected chi connectivity index (χ0v) is 13.9. The van der Waals surface area contributed by atoms with Gasteiger partial charge in [0.1, 0.15) is 0 Å². The number of aryl methyl sites for hydroxylation is 2. The van der Waals surface area contributed by atoms with Gasteiger partial charge in [0.25, 0.3) is 0 Å². The van der Waals surface area contributed by atoms with Crippen LogP contribution in [-0.2, 0) is 6.54 Å². The summed E-state index contributed by atoms with van der Waals surface area (Å²) in [7, 11) is 0. The van der Waals surface area contributed by atoms with E-state index in [1.165, 1.54) is 16.7 Å². The van der Waals surface area contributed by atoms with Gasteiger partial charge >= 0.3 is 0 Å². The Morgan fingerprint density at radius 3 is 2.45 bits per heavy atom. The van der Waals surface area contributed by atoms with Gasteiger partial charge in [0.2, 0.25) is 0 Å². The van der Waals surface area contributed by atoms with Crippen LogP contribution in [-0.4, -0.2) is 23.1 Å². The fourth-order valence-corrected chi connectivity index (χ4v) is 2.79. The SMILES string of the molecule is CCCN(Cc1cc(C)ccc1C)C[C@H](O)c1ccccc1. The molecule has 22 heavy (non-hydrogen) atoms. The van der Waals surface area contributed by atoms with Gasteiger partial charge in [0.15, 0.2) is 0 Å². The van der Waals surface area contributed by atoms with E-state index in [0.717, 1.165) is 25.1 Å². The molecule has 0 aromatic heterocycles. The summed E-state index contributed by atoms with van der Waals surface area (Å²) in [6.45, 7) is 9.04. The second-order valence-corrected chi connectivity index (χ2v) is 6.09. The number of aliphatic hydroxyl groups is 1. The Morgan fingerprint density at radius 2 is 1.77 bits per heavy atom. The van der Waals surface area contributed by atoms with Crippen LogP contribution in [0.3, 0.4) is 0 Å². The molecule has 1 N–H and O–H groups in total. The molecule has 2 heteroatoms. The highest BCUT2D eigenvalue weighted by molar-refractivity contribution is 5.30. The highest BCUT2D eigenvalue weighted by atomic mass is 16.3. The van der Waals surface area contributed by atoms with Crippen molar-refractivity contribution in [3.8, 4) is 0 Å². The molecular formula is C20H27NO. The molecular weight excluding hydrogens is 270 g/mol. The first-order valence-corrected chi connectivity index (χ1v) is 8.11. The number of nitrogens with zero attached hydrogens (tertiary/aromatic N) is 1. The van der Waals surface area contributed by atoms with Crippen molar-refractivity contribution in [3.05, 3.63) is 70.8 Å². The van der Waals surface area contributed by atoms with Gasteiger partial charge in [0, 0.05) is 13.1 Å². The summed E-state index contributed by atoms with van der Waals surface area (Å²) in [6.07, 6.45) is 0.657. The molecule has 2 aromatic rings. The molecule has 0 heterocycles. The third kappa shape index (κ3) is 4.69. The fraction of sp³-hybridized carbons (Fsp3) is 0.400. The normalized spacial score (nSPS) is 12.6. The fourth-order valence-electron chi connectivity index (χ4n) is 2.79. The van der Waals surface area contributed by atoms with E-state index >= 15 is 0 Å². The standard InChI is InChI=1S/C20H27NO/c1-4-12-21(14-19-13-16(2)10-11-17(19)3)15-20(22)18-8-6-5-7-9-18/h5-11,13,20,22H,4,12,14-15H2,1-3H3/t20-/m0/s1. The van der Waals surface area contributed by atoms with Crippen LogP contribution in [0, 0.1) is 13.8 Å². The molecule has 0 saturated carbocycles. The van der Waals surface area contributed by atoms with Crippen LogP contribution in [0.2, 0.25) is 0 Å². The lowest BCUT2D eigenvalue weighted by Crippen LogP contribution is -2.29. The Kier molecular flexibility index (Phi) is 6.17. The van der Waals surface area contributed by atoms with Crippen LogP contribution < -0.4 is 0 Å². The number of rotatable bonds is 7. The van der Waals surface area contributed by atoms with E-state index in [4.69, 9.17) is 0 Å². The largest absolute Gasteiger partial charge is 0.387 e. The molecule has 0 aliphatic heterocycles. The zero-order valence-electron chi connectivity index (χ0n) is 13.9. The maximum absolute atomic E-state index is 10.5. The predicted octanol–water partition coefficient (Wildman–Crippen LogP) is 4.25.